The highest BCUT2D eigenvalue weighted by atomic mass is 16.5. The first-order chi connectivity index (χ1) is 24.5. The molecule has 3 heterocycles. The van der Waals surface area contributed by atoms with Crippen LogP contribution in [0.1, 0.15) is 96.6 Å². The van der Waals surface area contributed by atoms with E-state index in [-0.39, 0.29) is 41.5 Å². The number of aromatic nitrogens is 2. The van der Waals surface area contributed by atoms with Crippen LogP contribution in [0.25, 0.3) is 0 Å². The van der Waals surface area contributed by atoms with Crippen molar-refractivity contribution in [3.05, 3.63) is 107 Å². The Morgan fingerprint density at radius 2 is 1.51 bits per heavy atom. The predicted octanol–water partition coefficient (Wildman–Crippen LogP) is 5.46. The highest BCUT2D eigenvalue weighted by molar-refractivity contribution is 6.23. The van der Waals surface area contributed by atoms with E-state index in [4.69, 9.17) is 9.47 Å². The lowest BCUT2D eigenvalue weighted by atomic mass is 9.78. The second kappa shape index (κ2) is 13.6. The Labute approximate surface area is 295 Å². The monoisotopic (exact) mass is 689 g/mol. The lowest BCUT2D eigenvalue weighted by Gasteiger charge is -2.36. The summed E-state index contributed by atoms with van der Waals surface area (Å²) in [6.07, 6.45) is 4.75. The molecule has 262 valence electrons. The van der Waals surface area contributed by atoms with Crippen LogP contribution in [-0.2, 0) is 15.0 Å². The van der Waals surface area contributed by atoms with Crippen LogP contribution in [0.3, 0.4) is 0 Å². The van der Waals surface area contributed by atoms with Crippen LogP contribution in [0.15, 0.2) is 79.1 Å². The number of piperidine rings is 1. The molecule has 1 aromatic heterocycles. The van der Waals surface area contributed by atoms with Crippen LogP contribution < -0.4 is 20.1 Å². The molecular formula is C39H39N5O7. The summed E-state index contributed by atoms with van der Waals surface area (Å²) in [4.78, 5) is 59.4. The molecule has 0 radical (unpaired) electrons. The zero-order chi connectivity index (χ0) is 35.9. The number of rotatable bonds is 11. The minimum Gasteiger partial charge on any atom is -0.490 e. The number of nitrogens with zero attached hydrogens (tertiary/aromatic N) is 3. The van der Waals surface area contributed by atoms with Crippen LogP contribution in [0.5, 0.6) is 17.2 Å². The second-order valence-corrected chi connectivity index (χ2v) is 13.7. The largest absolute Gasteiger partial charge is 0.490 e. The van der Waals surface area contributed by atoms with E-state index in [1.165, 1.54) is 0 Å². The number of hydrogen-bond acceptors (Lipinski definition) is 10. The number of carbonyl (C=O) groups is 4. The lowest BCUT2D eigenvalue weighted by molar-refractivity contribution is -0.136. The van der Waals surface area contributed by atoms with Gasteiger partial charge in [0.25, 0.3) is 11.8 Å². The Balaban J connectivity index is 0.906. The van der Waals surface area contributed by atoms with Crippen molar-refractivity contribution in [3.63, 3.8) is 0 Å². The van der Waals surface area contributed by atoms with Gasteiger partial charge in [-0.15, -0.1) is 0 Å². The van der Waals surface area contributed by atoms with Crippen molar-refractivity contribution >= 4 is 29.3 Å². The second-order valence-electron chi connectivity index (χ2n) is 13.7. The number of fused-ring (bicyclic) bond motifs is 1. The summed E-state index contributed by atoms with van der Waals surface area (Å²) in [5.74, 6) is 0.249. The number of nitrogens with one attached hydrogen (secondary N) is 2. The molecule has 2 aliphatic heterocycles. The zero-order valence-corrected chi connectivity index (χ0v) is 28.6. The maximum absolute atomic E-state index is 13.2. The van der Waals surface area contributed by atoms with Crippen LogP contribution in [0, 0.1) is 0 Å². The molecule has 3 N–H and O–H groups in total. The summed E-state index contributed by atoms with van der Waals surface area (Å²) < 4.78 is 12.2. The summed E-state index contributed by atoms with van der Waals surface area (Å²) in [6, 6.07) is 20.2. The standard InChI is InChI=1S/C39H39N5O7/c1-4-33(45)35-40-20-29(21-41-35)51-27-12-7-23(8-13-27)39(2,3)22-5-10-26(11-6-22)50-28-17-25(18-28)42-24-9-14-30-31(19-24)38(49)44(37(30)48)32-15-16-34(46)43-36(32)47/h5-14,19-21,25,28,32-33,42,45H,4,15-18H2,1-3H3,(H,43,46,47)/t25-,28-,32?,33?. The predicted molar refractivity (Wildman–Crippen MR) is 187 cm³/mol. The van der Waals surface area contributed by atoms with Crippen molar-refractivity contribution in [1.82, 2.24) is 20.2 Å². The molecule has 7 rings (SSSR count). The van der Waals surface area contributed by atoms with Crippen molar-refractivity contribution in [2.75, 3.05) is 5.32 Å². The number of amides is 4. The Hall–Kier alpha value is -5.62. The van der Waals surface area contributed by atoms with Gasteiger partial charge < -0.3 is 19.9 Å². The van der Waals surface area contributed by atoms with Gasteiger partial charge in [-0.2, -0.15) is 0 Å². The topological polar surface area (TPSA) is 160 Å². The van der Waals surface area contributed by atoms with E-state index in [1.54, 1.807) is 30.6 Å². The van der Waals surface area contributed by atoms with Crippen molar-refractivity contribution < 1.29 is 33.8 Å². The third-order valence-electron chi connectivity index (χ3n) is 9.93. The number of imide groups is 2. The molecule has 0 spiro atoms. The van der Waals surface area contributed by atoms with Gasteiger partial charge in [0, 0.05) is 36.4 Å². The number of aliphatic hydroxyl groups excluding tert-OH is 1. The van der Waals surface area contributed by atoms with E-state index < -0.39 is 35.8 Å². The SMILES string of the molecule is CCC(O)c1ncc(Oc2ccc(C(C)(C)c3ccc(O[C@H]4C[C@H](Nc5ccc6c(c5)C(=O)N(C5CCC(=O)NC5=O)C6=O)C4)cc3)cc2)cn1. The number of anilines is 1. The van der Waals surface area contributed by atoms with E-state index in [0.717, 1.165) is 34.6 Å². The number of benzene rings is 3. The molecule has 51 heavy (non-hydrogen) atoms. The fourth-order valence-electron chi connectivity index (χ4n) is 6.69. The van der Waals surface area contributed by atoms with E-state index in [0.29, 0.717) is 29.4 Å². The van der Waals surface area contributed by atoms with Crippen LogP contribution in [-0.4, -0.2) is 61.8 Å². The molecule has 3 aromatic carbocycles. The average Bonchev–Trinajstić information content (AvgIpc) is 3.36. The summed E-state index contributed by atoms with van der Waals surface area (Å²) in [5, 5.41) is 15.6. The molecule has 1 saturated carbocycles. The molecular weight excluding hydrogens is 650 g/mol. The van der Waals surface area contributed by atoms with Crippen molar-refractivity contribution in [3.8, 4) is 17.2 Å². The molecule has 1 saturated heterocycles. The van der Waals surface area contributed by atoms with E-state index in [1.807, 2.05) is 43.3 Å². The maximum atomic E-state index is 13.2. The van der Waals surface area contributed by atoms with E-state index >= 15 is 0 Å². The summed E-state index contributed by atoms with van der Waals surface area (Å²) in [6.45, 7) is 6.20. The number of carbonyl (C=O) groups excluding carboxylic acids is 4. The molecule has 2 fully saturated rings. The fraction of sp³-hybridized carbons (Fsp3) is 0.333. The number of aliphatic hydroxyl groups is 1. The Bertz CT molecular complexity index is 1970. The molecule has 12 heteroatoms. The minimum atomic E-state index is -0.989. The van der Waals surface area contributed by atoms with Crippen molar-refractivity contribution in [2.24, 2.45) is 0 Å². The first-order valence-corrected chi connectivity index (χ1v) is 17.2. The summed E-state index contributed by atoms with van der Waals surface area (Å²) in [5.41, 5.74) is 3.20. The maximum Gasteiger partial charge on any atom is 0.262 e. The zero-order valence-electron chi connectivity index (χ0n) is 28.6. The van der Waals surface area contributed by atoms with E-state index in [2.05, 4.69) is 46.6 Å². The Morgan fingerprint density at radius 3 is 2.14 bits per heavy atom. The van der Waals surface area contributed by atoms with Gasteiger partial charge in [0.15, 0.2) is 11.6 Å². The van der Waals surface area contributed by atoms with Crippen LogP contribution in [0.4, 0.5) is 5.69 Å². The molecule has 12 nitrogen and oxygen atoms in total. The molecule has 4 amide bonds. The van der Waals surface area contributed by atoms with Gasteiger partial charge >= 0.3 is 0 Å². The minimum absolute atomic E-state index is 0.0351. The molecule has 2 unspecified atom stereocenters. The van der Waals surface area contributed by atoms with Gasteiger partial charge in [-0.05, 0) is 66.4 Å². The van der Waals surface area contributed by atoms with Gasteiger partial charge in [-0.25, -0.2) is 9.97 Å². The van der Waals surface area contributed by atoms with Gasteiger partial charge in [0.2, 0.25) is 11.8 Å². The van der Waals surface area contributed by atoms with Crippen LogP contribution in [0.2, 0.25) is 0 Å². The highest BCUT2D eigenvalue weighted by Crippen LogP contribution is 2.36. The third kappa shape index (κ3) is 6.79. The van der Waals surface area contributed by atoms with Crippen molar-refractivity contribution in [2.45, 2.75) is 82.6 Å². The molecule has 4 aromatic rings. The van der Waals surface area contributed by atoms with Crippen molar-refractivity contribution in [1.29, 1.82) is 0 Å². The number of ether oxygens (including phenoxy) is 2. The first-order valence-electron chi connectivity index (χ1n) is 17.2. The van der Waals surface area contributed by atoms with Gasteiger partial charge in [0.05, 0.1) is 23.5 Å². The Morgan fingerprint density at radius 1 is 0.882 bits per heavy atom. The smallest absolute Gasteiger partial charge is 0.262 e. The van der Waals surface area contributed by atoms with E-state index in [9.17, 15) is 24.3 Å². The average molecular weight is 690 g/mol. The number of hydrogen-bond donors (Lipinski definition) is 3. The van der Waals surface area contributed by atoms with Gasteiger partial charge in [0.1, 0.15) is 29.7 Å². The normalized spacial score (nSPS) is 20.7. The molecule has 2 atom stereocenters. The fourth-order valence-corrected chi connectivity index (χ4v) is 6.69. The highest BCUT2D eigenvalue weighted by Gasteiger charge is 2.45. The molecule has 1 aliphatic carbocycles. The summed E-state index contributed by atoms with van der Waals surface area (Å²) >= 11 is 0. The summed E-state index contributed by atoms with van der Waals surface area (Å²) in [7, 11) is 0. The van der Waals surface area contributed by atoms with Gasteiger partial charge in [-0.3, -0.25) is 29.4 Å². The van der Waals surface area contributed by atoms with Gasteiger partial charge in [-0.1, -0.05) is 45.0 Å². The Kier molecular flexibility index (Phi) is 9.02. The third-order valence-corrected chi connectivity index (χ3v) is 9.93. The lowest BCUT2D eigenvalue weighted by Crippen LogP contribution is -2.54. The molecule has 3 aliphatic rings. The first kappa shape index (κ1) is 33.9. The van der Waals surface area contributed by atoms with Crippen LogP contribution >= 0.6 is 0 Å². The quantitative estimate of drug-likeness (QED) is 0.173. The molecule has 0 bridgehead atoms.